The first-order valence-electron chi connectivity index (χ1n) is 7.17. The van der Waals surface area contributed by atoms with Gasteiger partial charge in [0.2, 0.25) is 0 Å². The molecule has 0 amide bonds. The molecule has 21 heavy (non-hydrogen) atoms. The van der Waals surface area contributed by atoms with Crippen molar-refractivity contribution in [3.63, 3.8) is 0 Å². The van der Waals surface area contributed by atoms with Crippen LogP contribution in [0.5, 0.6) is 0 Å². The molecule has 0 aliphatic rings. The van der Waals surface area contributed by atoms with Crippen molar-refractivity contribution in [2.75, 3.05) is 0 Å². The maximum Gasteiger partial charge on any atom is 0.142 e. The topological polar surface area (TPSA) is 37.5 Å². The molecule has 2 aromatic heterocycles. The van der Waals surface area contributed by atoms with E-state index in [4.69, 9.17) is 0 Å². The zero-order valence-electron chi connectivity index (χ0n) is 12.7. The van der Waals surface area contributed by atoms with Crippen LogP contribution in [0.1, 0.15) is 31.9 Å². The summed E-state index contributed by atoms with van der Waals surface area (Å²) in [5.41, 5.74) is 5.14. The summed E-state index contributed by atoms with van der Waals surface area (Å²) in [6.45, 7) is 6.63. The van der Waals surface area contributed by atoms with Crippen molar-refractivity contribution in [3.8, 4) is 11.3 Å². The first-order chi connectivity index (χ1) is 9.99. The number of benzene rings is 1. The van der Waals surface area contributed by atoms with Crippen molar-refractivity contribution in [2.24, 2.45) is 0 Å². The number of nitrogens with zero attached hydrogens (tertiary/aromatic N) is 2. The molecule has 0 fully saturated rings. The number of pyridine rings is 1. The SMILES string of the molecule is CC(C)(C)c1ccc(-c2cn3cccc(CO)c3n2)cc1. The summed E-state index contributed by atoms with van der Waals surface area (Å²) in [6, 6.07) is 12.4. The summed E-state index contributed by atoms with van der Waals surface area (Å²) in [5, 5.41) is 9.39. The van der Waals surface area contributed by atoms with Gasteiger partial charge < -0.3 is 9.51 Å². The quantitative estimate of drug-likeness (QED) is 0.775. The van der Waals surface area contributed by atoms with Crippen LogP contribution < -0.4 is 0 Å². The van der Waals surface area contributed by atoms with Crippen LogP contribution in [-0.4, -0.2) is 14.5 Å². The fraction of sp³-hybridized carbons (Fsp3) is 0.278. The predicted molar refractivity (Wildman–Crippen MR) is 85.3 cm³/mol. The van der Waals surface area contributed by atoms with Crippen LogP contribution in [0.15, 0.2) is 48.8 Å². The number of aromatic nitrogens is 2. The molecule has 0 aliphatic heterocycles. The van der Waals surface area contributed by atoms with Crippen LogP contribution in [0.4, 0.5) is 0 Å². The monoisotopic (exact) mass is 280 g/mol. The van der Waals surface area contributed by atoms with Crippen molar-refractivity contribution in [1.29, 1.82) is 0 Å². The van der Waals surface area contributed by atoms with Gasteiger partial charge in [-0.2, -0.15) is 0 Å². The summed E-state index contributed by atoms with van der Waals surface area (Å²) in [6.07, 6.45) is 3.95. The highest BCUT2D eigenvalue weighted by Gasteiger charge is 2.14. The number of hydrogen-bond acceptors (Lipinski definition) is 2. The molecule has 3 rings (SSSR count). The second kappa shape index (κ2) is 5.01. The van der Waals surface area contributed by atoms with Gasteiger partial charge in [0.05, 0.1) is 12.3 Å². The Hall–Kier alpha value is -2.13. The molecule has 0 unspecified atom stereocenters. The molecule has 0 radical (unpaired) electrons. The van der Waals surface area contributed by atoms with Crippen LogP contribution in [-0.2, 0) is 12.0 Å². The Morgan fingerprint density at radius 1 is 1.10 bits per heavy atom. The lowest BCUT2D eigenvalue weighted by Crippen LogP contribution is -2.10. The standard InChI is InChI=1S/C18H20N2O/c1-18(2,3)15-8-6-13(7-9-15)16-11-20-10-4-5-14(12-21)17(20)19-16/h4-11,21H,12H2,1-3H3. The lowest BCUT2D eigenvalue weighted by molar-refractivity contribution is 0.282. The molecule has 3 heteroatoms. The number of rotatable bonds is 2. The van der Waals surface area contributed by atoms with Gasteiger partial charge in [-0.1, -0.05) is 51.1 Å². The van der Waals surface area contributed by atoms with E-state index < -0.39 is 0 Å². The van der Waals surface area contributed by atoms with E-state index in [2.05, 4.69) is 50.0 Å². The molecule has 0 spiro atoms. The highest BCUT2D eigenvalue weighted by Crippen LogP contribution is 2.26. The van der Waals surface area contributed by atoms with Gasteiger partial charge in [0.25, 0.3) is 0 Å². The third-order valence-corrected chi connectivity index (χ3v) is 3.78. The fourth-order valence-corrected chi connectivity index (χ4v) is 2.47. The molecule has 108 valence electrons. The van der Waals surface area contributed by atoms with Gasteiger partial charge in [-0.3, -0.25) is 0 Å². The Bertz CT molecular complexity index is 764. The Kier molecular flexibility index (Phi) is 3.30. The number of aliphatic hydroxyl groups excluding tert-OH is 1. The van der Waals surface area contributed by atoms with Crippen LogP contribution in [0, 0.1) is 0 Å². The Morgan fingerprint density at radius 2 is 1.81 bits per heavy atom. The summed E-state index contributed by atoms with van der Waals surface area (Å²) in [4.78, 5) is 4.65. The molecule has 0 saturated heterocycles. The Balaban J connectivity index is 2.04. The van der Waals surface area contributed by atoms with Crippen molar-refractivity contribution in [3.05, 3.63) is 59.9 Å². The van der Waals surface area contributed by atoms with Gasteiger partial charge in [-0.15, -0.1) is 0 Å². The van der Waals surface area contributed by atoms with Gasteiger partial charge in [0.15, 0.2) is 0 Å². The van der Waals surface area contributed by atoms with E-state index in [1.165, 1.54) is 5.56 Å². The van der Waals surface area contributed by atoms with Gasteiger partial charge in [-0.25, -0.2) is 4.98 Å². The zero-order valence-corrected chi connectivity index (χ0v) is 12.7. The van der Waals surface area contributed by atoms with E-state index in [1.54, 1.807) is 0 Å². The van der Waals surface area contributed by atoms with E-state index in [0.29, 0.717) is 0 Å². The third-order valence-electron chi connectivity index (χ3n) is 3.78. The number of hydrogen-bond donors (Lipinski definition) is 1. The second-order valence-electron chi connectivity index (χ2n) is 6.38. The summed E-state index contributed by atoms with van der Waals surface area (Å²) < 4.78 is 1.96. The summed E-state index contributed by atoms with van der Waals surface area (Å²) in [5.74, 6) is 0. The van der Waals surface area contributed by atoms with Gasteiger partial charge >= 0.3 is 0 Å². The molecule has 0 bridgehead atoms. The van der Waals surface area contributed by atoms with Crippen LogP contribution in [0.3, 0.4) is 0 Å². The average molecular weight is 280 g/mol. The van der Waals surface area contributed by atoms with E-state index >= 15 is 0 Å². The Morgan fingerprint density at radius 3 is 2.43 bits per heavy atom. The maximum atomic E-state index is 9.39. The van der Waals surface area contributed by atoms with Crippen LogP contribution >= 0.6 is 0 Å². The predicted octanol–water partition coefficient (Wildman–Crippen LogP) is 3.79. The molecule has 1 N–H and O–H groups in total. The van der Waals surface area contributed by atoms with Crippen LogP contribution in [0.2, 0.25) is 0 Å². The number of imidazole rings is 1. The zero-order chi connectivity index (χ0) is 15.0. The molecule has 3 aromatic rings. The smallest absolute Gasteiger partial charge is 0.142 e. The minimum atomic E-state index is 0.00373. The second-order valence-corrected chi connectivity index (χ2v) is 6.38. The molecule has 0 aliphatic carbocycles. The normalized spacial score (nSPS) is 12.0. The number of fused-ring (bicyclic) bond motifs is 1. The highest BCUT2D eigenvalue weighted by molar-refractivity contribution is 5.64. The maximum absolute atomic E-state index is 9.39. The Labute approximate surface area is 124 Å². The van der Waals surface area contributed by atoms with E-state index in [0.717, 1.165) is 22.5 Å². The van der Waals surface area contributed by atoms with Crippen molar-refractivity contribution in [1.82, 2.24) is 9.38 Å². The van der Waals surface area contributed by atoms with Gasteiger partial charge in [-0.05, 0) is 17.0 Å². The molecule has 1 aromatic carbocycles. The fourth-order valence-electron chi connectivity index (χ4n) is 2.47. The van der Waals surface area contributed by atoms with Crippen molar-refractivity contribution in [2.45, 2.75) is 32.8 Å². The van der Waals surface area contributed by atoms with Crippen LogP contribution in [0.25, 0.3) is 16.9 Å². The van der Waals surface area contributed by atoms with E-state index in [-0.39, 0.29) is 12.0 Å². The first-order valence-corrected chi connectivity index (χ1v) is 7.17. The largest absolute Gasteiger partial charge is 0.392 e. The molecule has 0 saturated carbocycles. The van der Waals surface area contributed by atoms with Gasteiger partial charge in [0.1, 0.15) is 5.65 Å². The summed E-state index contributed by atoms with van der Waals surface area (Å²) in [7, 11) is 0. The van der Waals surface area contributed by atoms with Crippen molar-refractivity contribution >= 4 is 5.65 Å². The highest BCUT2D eigenvalue weighted by atomic mass is 16.3. The summed E-state index contributed by atoms with van der Waals surface area (Å²) >= 11 is 0. The van der Waals surface area contributed by atoms with E-state index in [9.17, 15) is 5.11 Å². The minimum absolute atomic E-state index is 0.00373. The third kappa shape index (κ3) is 2.57. The average Bonchev–Trinajstić information content (AvgIpc) is 2.90. The van der Waals surface area contributed by atoms with Crippen molar-refractivity contribution < 1.29 is 5.11 Å². The minimum Gasteiger partial charge on any atom is -0.392 e. The molecule has 3 nitrogen and oxygen atoms in total. The molecule has 2 heterocycles. The first kappa shape index (κ1) is 13.8. The lowest BCUT2D eigenvalue weighted by atomic mass is 9.86. The lowest BCUT2D eigenvalue weighted by Gasteiger charge is -2.18. The molecular formula is C18H20N2O. The number of aliphatic hydroxyl groups is 1. The molecular weight excluding hydrogens is 260 g/mol. The molecule has 0 atom stereocenters. The van der Waals surface area contributed by atoms with Gasteiger partial charge in [0, 0.05) is 23.5 Å². The van der Waals surface area contributed by atoms with E-state index in [1.807, 2.05) is 28.9 Å².